The van der Waals surface area contributed by atoms with Gasteiger partial charge in [0.2, 0.25) is 5.91 Å². The van der Waals surface area contributed by atoms with Gasteiger partial charge in [-0.15, -0.1) is 0 Å². The fourth-order valence-electron chi connectivity index (χ4n) is 2.47. The highest BCUT2D eigenvalue weighted by atomic mass is 35.5. The highest BCUT2D eigenvalue weighted by Crippen LogP contribution is 2.34. The zero-order valence-corrected chi connectivity index (χ0v) is 14.3. The van der Waals surface area contributed by atoms with E-state index in [9.17, 15) is 9.18 Å². The molecule has 0 spiro atoms. The molecular formula is C18H15ClFN3O2. The molecule has 0 saturated carbocycles. The number of aromatic nitrogens is 1. The van der Waals surface area contributed by atoms with Crippen LogP contribution in [0.25, 0.3) is 10.8 Å². The van der Waals surface area contributed by atoms with E-state index in [1.807, 2.05) is 12.1 Å². The van der Waals surface area contributed by atoms with E-state index in [0.717, 1.165) is 10.8 Å². The number of nitrogens with one attached hydrogen (secondary N) is 2. The standard InChI is InChI=1S/C18H15ClFN3O2/c1-10(24)22-16-9-13-11(7-17(16)25-2)5-6-21-18(13)23-12-3-4-15(20)14(19)8-12/h3-9H,1-2H3,(H,21,23)(H,22,24). The molecule has 25 heavy (non-hydrogen) atoms. The van der Waals surface area contributed by atoms with Crippen molar-refractivity contribution < 1.29 is 13.9 Å². The Morgan fingerprint density at radius 3 is 2.72 bits per heavy atom. The minimum Gasteiger partial charge on any atom is -0.495 e. The number of hydrogen-bond donors (Lipinski definition) is 2. The zero-order chi connectivity index (χ0) is 18.0. The number of rotatable bonds is 4. The maximum atomic E-state index is 13.3. The molecule has 7 heteroatoms. The van der Waals surface area contributed by atoms with E-state index in [1.165, 1.54) is 26.2 Å². The number of benzene rings is 2. The summed E-state index contributed by atoms with van der Waals surface area (Å²) in [6.45, 7) is 1.42. The second kappa shape index (κ2) is 6.94. The van der Waals surface area contributed by atoms with Crippen LogP contribution in [-0.4, -0.2) is 18.0 Å². The number of ether oxygens (including phenoxy) is 1. The van der Waals surface area contributed by atoms with E-state index in [-0.39, 0.29) is 10.9 Å². The first-order chi connectivity index (χ1) is 12.0. The first kappa shape index (κ1) is 17.0. The van der Waals surface area contributed by atoms with Crippen molar-refractivity contribution in [3.8, 4) is 5.75 Å². The predicted octanol–water partition coefficient (Wildman–Crippen LogP) is 4.74. The third-order valence-corrected chi connectivity index (χ3v) is 3.87. The lowest BCUT2D eigenvalue weighted by atomic mass is 10.1. The molecule has 1 heterocycles. The number of fused-ring (bicyclic) bond motifs is 1. The summed E-state index contributed by atoms with van der Waals surface area (Å²) in [4.78, 5) is 15.7. The minimum absolute atomic E-state index is 0.0193. The fourth-order valence-corrected chi connectivity index (χ4v) is 2.65. The van der Waals surface area contributed by atoms with Crippen molar-refractivity contribution >= 4 is 45.5 Å². The largest absolute Gasteiger partial charge is 0.495 e. The second-order valence-electron chi connectivity index (χ2n) is 5.37. The van der Waals surface area contributed by atoms with Crippen molar-refractivity contribution in [2.75, 3.05) is 17.7 Å². The molecule has 3 rings (SSSR count). The van der Waals surface area contributed by atoms with Crippen molar-refractivity contribution in [3.63, 3.8) is 0 Å². The molecule has 0 atom stereocenters. The molecule has 2 aromatic carbocycles. The Morgan fingerprint density at radius 1 is 1.24 bits per heavy atom. The SMILES string of the molecule is COc1cc2ccnc(Nc3ccc(F)c(Cl)c3)c2cc1NC(C)=O. The minimum atomic E-state index is -0.490. The van der Waals surface area contributed by atoms with E-state index in [1.54, 1.807) is 18.3 Å². The quantitative estimate of drug-likeness (QED) is 0.706. The smallest absolute Gasteiger partial charge is 0.221 e. The molecular weight excluding hydrogens is 345 g/mol. The Balaban J connectivity index is 2.08. The molecule has 0 radical (unpaired) electrons. The molecule has 0 fully saturated rings. The molecule has 0 unspecified atom stereocenters. The number of methoxy groups -OCH3 is 1. The molecule has 128 valence electrons. The van der Waals surface area contributed by atoms with Crippen molar-refractivity contribution in [2.45, 2.75) is 6.92 Å². The van der Waals surface area contributed by atoms with Crippen LogP contribution >= 0.6 is 11.6 Å². The van der Waals surface area contributed by atoms with Crippen LogP contribution in [0.5, 0.6) is 5.75 Å². The Kier molecular flexibility index (Phi) is 4.72. The summed E-state index contributed by atoms with van der Waals surface area (Å²) >= 11 is 5.82. The van der Waals surface area contributed by atoms with Crippen LogP contribution in [0, 0.1) is 5.82 Å². The highest BCUT2D eigenvalue weighted by molar-refractivity contribution is 6.31. The number of halogens is 2. The Bertz CT molecular complexity index is 962. The van der Waals surface area contributed by atoms with Gasteiger partial charge in [0.05, 0.1) is 17.8 Å². The molecule has 0 aliphatic carbocycles. The van der Waals surface area contributed by atoms with Crippen LogP contribution in [0.2, 0.25) is 5.02 Å². The van der Waals surface area contributed by atoms with Gasteiger partial charge in [-0.05, 0) is 41.8 Å². The average molecular weight is 360 g/mol. The van der Waals surface area contributed by atoms with Gasteiger partial charge >= 0.3 is 0 Å². The van der Waals surface area contributed by atoms with Gasteiger partial charge in [0, 0.05) is 24.2 Å². The van der Waals surface area contributed by atoms with E-state index < -0.39 is 5.82 Å². The number of pyridine rings is 1. The molecule has 0 aliphatic heterocycles. The Morgan fingerprint density at radius 2 is 2.04 bits per heavy atom. The van der Waals surface area contributed by atoms with E-state index in [2.05, 4.69) is 15.6 Å². The van der Waals surface area contributed by atoms with Gasteiger partial charge in [-0.1, -0.05) is 11.6 Å². The number of anilines is 3. The number of nitrogens with zero attached hydrogens (tertiary/aromatic N) is 1. The van der Waals surface area contributed by atoms with Crippen molar-refractivity contribution in [1.29, 1.82) is 0 Å². The van der Waals surface area contributed by atoms with Gasteiger partial charge in [-0.3, -0.25) is 4.79 Å². The monoisotopic (exact) mass is 359 g/mol. The van der Waals surface area contributed by atoms with Crippen LogP contribution in [0.1, 0.15) is 6.92 Å². The Hall–Kier alpha value is -2.86. The lowest BCUT2D eigenvalue weighted by Crippen LogP contribution is -2.07. The van der Waals surface area contributed by atoms with E-state index in [4.69, 9.17) is 16.3 Å². The molecule has 0 aliphatic rings. The van der Waals surface area contributed by atoms with Crippen molar-refractivity contribution in [3.05, 3.63) is 53.4 Å². The van der Waals surface area contributed by atoms with Crippen LogP contribution < -0.4 is 15.4 Å². The van der Waals surface area contributed by atoms with E-state index >= 15 is 0 Å². The van der Waals surface area contributed by atoms with Crippen LogP contribution in [0.4, 0.5) is 21.6 Å². The number of carbonyl (C=O) groups is 1. The van der Waals surface area contributed by atoms with Crippen LogP contribution in [0.15, 0.2) is 42.6 Å². The topological polar surface area (TPSA) is 63.2 Å². The van der Waals surface area contributed by atoms with Gasteiger partial charge in [-0.2, -0.15) is 0 Å². The Labute approximate surface area is 148 Å². The molecule has 0 bridgehead atoms. The second-order valence-corrected chi connectivity index (χ2v) is 5.78. The van der Waals surface area contributed by atoms with Crippen LogP contribution in [-0.2, 0) is 4.79 Å². The summed E-state index contributed by atoms with van der Waals surface area (Å²) in [7, 11) is 1.54. The summed E-state index contributed by atoms with van der Waals surface area (Å²) in [5.41, 5.74) is 1.14. The number of carbonyl (C=O) groups excluding carboxylic acids is 1. The first-order valence-electron chi connectivity index (χ1n) is 7.44. The molecule has 3 aromatic rings. The summed E-state index contributed by atoms with van der Waals surface area (Å²) in [6, 6.07) is 9.75. The van der Waals surface area contributed by atoms with E-state index in [0.29, 0.717) is 22.9 Å². The molecule has 0 saturated heterocycles. The maximum absolute atomic E-state index is 13.3. The van der Waals surface area contributed by atoms with Gasteiger partial charge in [0.25, 0.3) is 0 Å². The summed E-state index contributed by atoms with van der Waals surface area (Å²) < 4.78 is 18.6. The van der Waals surface area contributed by atoms with Crippen molar-refractivity contribution in [1.82, 2.24) is 4.98 Å². The lowest BCUT2D eigenvalue weighted by Gasteiger charge is -2.14. The molecule has 5 nitrogen and oxygen atoms in total. The zero-order valence-electron chi connectivity index (χ0n) is 13.6. The number of hydrogen-bond acceptors (Lipinski definition) is 4. The predicted molar refractivity (Wildman–Crippen MR) is 97.3 cm³/mol. The first-order valence-corrected chi connectivity index (χ1v) is 7.82. The number of amides is 1. The highest BCUT2D eigenvalue weighted by Gasteiger charge is 2.11. The van der Waals surface area contributed by atoms with Crippen molar-refractivity contribution in [2.24, 2.45) is 0 Å². The fraction of sp³-hybridized carbons (Fsp3) is 0.111. The third-order valence-electron chi connectivity index (χ3n) is 3.58. The third kappa shape index (κ3) is 3.64. The molecule has 2 N–H and O–H groups in total. The average Bonchev–Trinajstić information content (AvgIpc) is 2.57. The molecule has 1 aromatic heterocycles. The summed E-state index contributed by atoms with van der Waals surface area (Å²) in [5.74, 6) is 0.399. The summed E-state index contributed by atoms with van der Waals surface area (Å²) in [6.07, 6.45) is 1.65. The lowest BCUT2D eigenvalue weighted by molar-refractivity contribution is -0.114. The normalized spacial score (nSPS) is 10.6. The van der Waals surface area contributed by atoms with Gasteiger partial charge in [0.1, 0.15) is 17.4 Å². The van der Waals surface area contributed by atoms with Gasteiger partial charge in [-0.25, -0.2) is 9.37 Å². The van der Waals surface area contributed by atoms with Gasteiger partial charge < -0.3 is 15.4 Å². The van der Waals surface area contributed by atoms with Crippen LogP contribution in [0.3, 0.4) is 0 Å². The molecule has 1 amide bonds. The van der Waals surface area contributed by atoms with Gasteiger partial charge in [0.15, 0.2) is 0 Å². The summed E-state index contributed by atoms with van der Waals surface area (Å²) in [5, 5.41) is 7.51. The maximum Gasteiger partial charge on any atom is 0.221 e.